The number of amides is 2. The quantitative estimate of drug-likeness (QED) is 0.767. The minimum Gasteiger partial charge on any atom is -0.373 e. The van der Waals surface area contributed by atoms with Crippen LogP contribution in [0.4, 0.5) is 16.2 Å². The van der Waals surface area contributed by atoms with Crippen LogP contribution in [-0.4, -0.2) is 43.7 Å². The van der Waals surface area contributed by atoms with E-state index >= 15 is 0 Å². The molecule has 3 rings (SSSR count). The molecule has 28 heavy (non-hydrogen) atoms. The van der Waals surface area contributed by atoms with Crippen molar-refractivity contribution >= 4 is 17.4 Å². The number of carbonyl (C=O) groups excluding carboxylic acids is 1. The number of rotatable bonds is 7. The molecule has 1 N–H and O–H groups in total. The summed E-state index contributed by atoms with van der Waals surface area (Å²) < 4.78 is 6.05. The predicted octanol–water partition coefficient (Wildman–Crippen LogP) is 4.51. The van der Waals surface area contributed by atoms with E-state index in [1.165, 1.54) is 0 Å². The molecule has 150 valence electrons. The van der Waals surface area contributed by atoms with Crippen LogP contribution in [-0.2, 0) is 11.2 Å². The molecule has 0 unspecified atom stereocenters. The van der Waals surface area contributed by atoms with E-state index in [9.17, 15) is 4.79 Å². The van der Waals surface area contributed by atoms with Crippen LogP contribution in [0.5, 0.6) is 0 Å². The molecule has 0 saturated carbocycles. The molecule has 1 aliphatic heterocycles. The fourth-order valence-corrected chi connectivity index (χ4v) is 3.81. The van der Waals surface area contributed by atoms with E-state index in [0.29, 0.717) is 13.2 Å². The highest BCUT2D eigenvalue weighted by molar-refractivity contribution is 6.01. The molecule has 1 atom stereocenters. The Balaban J connectivity index is 1.93. The van der Waals surface area contributed by atoms with E-state index in [1.54, 1.807) is 0 Å². The van der Waals surface area contributed by atoms with Gasteiger partial charge >= 0.3 is 6.03 Å². The molecule has 5 heteroatoms. The number of nitrogens with zero attached hydrogens (tertiary/aromatic N) is 2. The van der Waals surface area contributed by atoms with Gasteiger partial charge in [0, 0.05) is 31.7 Å². The van der Waals surface area contributed by atoms with Crippen LogP contribution in [0.25, 0.3) is 0 Å². The van der Waals surface area contributed by atoms with Gasteiger partial charge in [-0.25, -0.2) is 4.79 Å². The van der Waals surface area contributed by atoms with Crippen LogP contribution in [0, 0.1) is 0 Å². The molecule has 0 saturated heterocycles. The SMILES string of the molecule is CCO[C@H]1Cc2ccccc2N(C(=O)NCCN(CC)CC)c2ccccc21. The number of ether oxygens (including phenoxy) is 1. The number of urea groups is 1. The maximum Gasteiger partial charge on any atom is 0.326 e. The smallest absolute Gasteiger partial charge is 0.326 e. The number of anilines is 2. The minimum atomic E-state index is -0.0933. The molecule has 0 aliphatic carbocycles. The molecule has 0 spiro atoms. The Kier molecular flexibility index (Phi) is 7.06. The lowest BCUT2D eigenvalue weighted by Gasteiger charge is -2.26. The van der Waals surface area contributed by atoms with Crippen molar-refractivity contribution < 1.29 is 9.53 Å². The number of carbonyl (C=O) groups is 1. The number of hydrogen-bond acceptors (Lipinski definition) is 3. The first-order valence-electron chi connectivity index (χ1n) is 10.3. The zero-order chi connectivity index (χ0) is 19.9. The third kappa shape index (κ3) is 4.37. The lowest BCUT2D eigenvalue weighted by molar-refractivity contribution is 0.0638. The summed E-state index contributed by atoms with van der Waals surface area (Å²) in [5.41, 5.74) is 4.00. The Morgan fingerprint density at radius 3 is 2.46 bits per heavy atom. The van der Waals surface area contributed by atoms with Gasteiger partial charge in [0.15, 0.2) is 0 Å². The van der Waals surface area contributed by atoms with Crippen LogP contribution in [0.2, 0.25) is 0 Å². The normalized spacial score (nSPS) is 15.7. The molecule has 1 aliphatic rings. The number of nitrogens with one attached hydrogen (secondary N) is 1. The highest BCUT2D eigenvalue weighted by Crippen LogP contribution is 2.41. The second kappa shape index (κ2) is 9.71. The molecule has 2 aromatic rings. The van der Waals surface area contributed by atoms with Gasteiger partial charge in [0.25, 0.3) is 0 Å². The van der Waals surface area contributed by atoms with Gasteiger partial charge in [0.1, 0.15) is 0 Å². The summed E-state index contributed by atoms with van der Waals surface area (Å²) in [4.78, 5) is 17.4. The zero-order valence-corrected chi connectivity index (χ0v) is 17.1. The summed E-state index contributed by atoms with van der Waals surface area (Å²) in [6.07, 6.45) is 0.695. The number of benzene rings is 2. The second-order valence-electron chi connectivity index (χ2n) is 6.93. The monoisotopic (exact) mass is 381 g/mol. The Bertz CT molecular complexity index is 789. The van der Waals surface area contributed by atoms with Gasteiger partial charge in [-0.2, -0.15) is 0 Å². The Morgan fingerprint density at radius 1 is 1.07 bits per heavy atom. The van der Waals surface area contributed by atoms with Crippen molar-refractivity contribution in [3.05, 3.63) is 59.7 Å². The fourth-order valence-electron chi connectivity index (χ4n) is 3.81. The van der Waals surface area contributed by atoms with Gasteiger partial charge in [0.05, 0.1) is 17.5 Å². The summed E-state index contributed by atoms with van der Waals surface area (Å²) in [5, 5.41) is 3.11. The van der Waals surface area contributed by atoms with Crippen molar-refractivity contribution in [3.63, 3.8) is 0 Å². The maximum atomic E-state index is 13.3. The number of hydrogen-bond donors (Lipinski definition) is 1. The molecule has 0 aromatic heterocycles. The fraction of sp³-hybridized carbons (Fsp3) is 0.435. The molecule has 0 radical (unpaired) electrons. The highest BCUT2D eigenvalue weighted by atomic mass is 16.5. The summed E-state index contributed by atoms with van der Waals surface area (Å²) >= 11 is 0. The average Bonchev–Trinajstić information content (AvgIpc) is 2.86. The van der Waals surface area contributed by atoms with Gasteiger partial charge in [-0.1, -0.05) is 50.2 Å². The van der Waals surface area contributed by atoms with Crippen molar-refractivity contribution in [2.75, 3.05) is 37.7 Å². The Morgan fingerprint density at radius 2 is 1.75 bits per heavy atom. The maximum absolute atomic E-state index is 13.3. The molecule has 0 fully saturated rings. The standard InChI is InChI=1S/C23H31N3O2/c1-4-25(5-2)16-15-24-23(27)26-20-13-9-7-11-18(20)17-22(28-6-3)19-12-8-10-14-21(19)26/h7-14,22H,4-6,15-17H2,1-3H3,(H,24,27)/t22-/m0/s1. The van der Waals surface area contributed by atoms with Gasteiger partial charge in [-0.05, 0) is 37.7 Å². The topological polar surface area (TPSA) is 44.8 Å². The molecule has 1 heterocycles. The number of likely N-dealkylation sites (N-methyl/N-ethyl adjacent to an activating group) is 1. The molecule has 2 aromatic carbocycles. The highest BCUT2D eigenvalue weighted by Gasteiger charge is 2.30. The summed E-state index contributed by atoms with van der Waals surface area (Å²) in [6, 6.07) is 16.1. The first-order chi connectivity index (χ1) is 13.7. The van der Waals surface area contributed by atoms with E-state index in [-0.39, 0.29) is 12.1 Å². The first kappa shape index (κ1) is 20.4. The van der Waals surface area contributed by atoms with Crippen LogP contribution < -0.4 is 10.2 Å². The van der Waals surface area contributed by atoms with E-state index in [4.69, 9.17) is 4.74 Å². The average molecular weight is 382 g/mol. The van der Waals surface area contributed by atoms with E-state index < -0.39 is 0 Å². The van der Waals surface area contributed by atoms with E-state index in [0.717, 1.165) is 48.6 Å². The third-order valence-electron chi connectivity index (χ3n) is 5.33. The largest absolute Gasteiger partial charge is 0.373 e. The second-order valence-corrected chi connectivity index (χ2v) is 6.93. The molecular formula is C23H31N3O2. The van der Waals surface area contributed by atoms with Gasteiger partial charge in [-0.3, -0.25) is 4.90 Å². The lowest BCUT2D eigenvalue weighted by Crippen LogP contribution is -2.41. The summed E-state index contributed by atoms with van der Waals surface area (Å²) in [7, 11) is 0. The Hall–Kier alpha value is -2.37. The van der Waals surface area contributed by atoms with Crippen molar-refractivity contribution in [2.24, 2.45) is 0 Å². The molecule has 0 bridgehead atoms. The lowest BCUT2D eigenvalue weighted by atomic mass is 10.0. The summed E-state index contributed by atoms with van der Waals surface area (Å²) in [6.45, 7) is 10.4. The predicted molar refractivity (Wildman–Crippen MR) is 114 cm³/mol. The van der Waals surface area contributed by atoms with Gasteiger partial charge in [-0.15, -0.1) is 0 Å². The third-order valence-corrected chi connectivity index (χ3v) is 5.33. The first-order valence-corrected chi connectivity index (χ1v) is 10.3. The number of para-hydroxylation sites is 2. The molecular weight excluding hydrogens is 350 g/mol. The van der Waals surface area contributed by atoms with Crippen LogP contribution in [0.3, 0.4) is 0 Å². The van der Waals surface area contributed by atoms with Crippen molar-refractivity contribution in [1.29, 1.82) is 0 Å². The minimum absolute atomic E-state index is 0.0594. The molecule has 2 amide bonds. The van der Waals surface area contributed by atoms with Crippen molar-refractivity contribution in [3.8, 4) is 0 Å². The van der Waals surface area contributed by atoms with Crippen LogP contribution in [0.1, 0.15) is 38.0 Å². The van der Waals surface area contributed by atoms with Crippen molar-refractivity contribution in [2.45, 2.75) is 33.3 Å². The number of fused-ring (bicyclic) bond motifs is 2. The molecule has 5 nitrogen and oxygen atoms in total. The van der Waals surface area contributed by atoms with Crippen LogP contribution in [0.15, 0.2) is 48.5 Å². The van der Waals surface area contributed by atoms with Gasteiger partial charge in [0.2, 0.25) is 0 Å². The van der Waals surface area contributed by atoms with Crippen molar-refractivity contribution in [1.82, 2.24) is 10.2 Å². The van der Waals surface area contributed by atoms with Crippen LogP contribution >= 0.6 is 0 Å². The van der Waals surface area contributed by atoms with Gasteiger partial charge < -0.3 is 15.0 Å². The zero-order valence-electron chi connectivity index (χ0n) is 17.1. The summed E-state index contributed by atoms with van der Waals surface area (Å²) in [5.74, 6) is 0. The van der Waals surface area contributed by atoms with E-state index in [2.05, 4.69) is 36.2 Å². The Labute approximate surface area is 168 Å². The van der Waals surface area contributed by atoms with E-state index in [1.807, 2.05) is 48.2 Å².